The lowest BCUT2D eigenvalue weighted by molar-refractivity contribution is 0.0615. The van der Waals surface area contributed by atoms with Crippen molar-refractivity contribution >= 4 is 28.5 Å². The molecule has 3 fully saturated rings. The van der Waals surface area contributed by atoms with Crippen LogP contribution in [-0.4, -0.2) is 52.1 Å². The summed E-state index contributed by atoms with van der Waals surface area (Å²) in [6.07, 6.45) is 15.9. The molecule has 3 aliphatic rings. The van der Waals surface area contributed by atoms with Crippen LogP contribution in [0.25, 0.3) is 22.2 Å². The largest absolute Gasteiger partial charge is 0.495 e. The molecule has 2 aliphatic carbocycles. The van der Waals surface area contributed by atoms with E-state index in [0.29, 0.717) is 11.2 Å². The summed E-state index contributed by atoms with van der Waals surface area (Å²) in [4.78, 5) is 15.1. The highest BCUT2D eigenvalue weighted by Gasteiger charge is 2.33. The van der Waals surface area contributed by atoms with Crippen molar-refractivity contribution < 1.29 is 4.74 Å². The Balaban J connectivity index is 1.05. The lowest BCUT2D eigenvalue weighted by atomic mass is 9.74. The van der Waals surface area contributed by atoms with Gasteiger partial charge in [0.05, 0.1) is 13.3 Å². The molecule has 2 N–H and O–H groups in total. The molecular weight excluding hydrogens is 458 g/mol. The van der Waals surface area contributed by atoms with E-state index in [-0.39, 0.29) is 0 Å². The Kier molecular flexibility index (Phi) is 6.59. The van der Waals surface area contributed by atoms with Gasteiger partial charge in [-0.2, -0.15) is 0 Å². The van der Waals surface area contributed by atoms with Crippen molar-refractivity contribution in [3.8, 4) is 16.9 Å². The van der Waals surface area contributed by atoms with Crippen molar-refractivity contribution in [2.24, 2.45) is 11.8 Å². The molecule has 186 valence electrons. The van der Waals surface area contributed by atoms with Crippen LogP contribution in [-0.2, 0) is 0 Å². The first-order valence-corrected chi connectivity index (χ1v) is 13.7. The first-order chi connectivity index (χ1) is 17.2. The van der Waals surface area contributed by atoms with Crippen LogP contribution in [0.3, 0.4) is 0 Å². The maximum Gasteiger partial charge on any atom is 0.139 e. The van der Waals surface area contributed by atoms with Gasteiger partial charge < -0.3 is 19.9 Å². The van der Waals surface area contributed by atoms with Gasteiger partial charge in [-0.05, 0) is 94.5 Å². The van der Waals surface area contributed by atoms with Gasteiger partial charge in [0.2, 0.25) is 0 Å². The van der Waals surface area contributed by atoms with E-state index < -0.39 is 0 Å². The Morgan fingerprint density at radius 1 is 1.00 bits per heavy atom. The summed E-state index contributed by atoms with van der Waals surface area (Å²) in [5.74, 6) is 3.43. The number of piperidine rings is 1. The Bertz CT molecular complexity index is 1160. The van der Waals surface area contributed by atoms with Crippen molar-refractivity contribution in [1.82, 2.24) is 19.9 Å². The summed E-state index contributed by atoms with van der Waals surface area (Å²) in [5, 5.41) is 5.15. The number of pyridine rings is 2. The topological polar surface area (TPSA) is 66.1 Å². The van der Waals surface area contributed by atoms with E-state index in [1.54, 1.807) is 13.3 Å². The minimum absolute atomic E-state index is 0.484. The lowest BCUT2D eigenvalue weighted by Crippen LogP contribution is -2.46. The minimum Gasteiger partial charge on any atom is -0.495 e. The number of hydrogen-bond donors (Lipinski definition) is 2. The molecule has 0 amide bonds. The maximum absolute atomic E-state index is 6.67. The van der Waals surface area contributed by atoms with Gasteiger partial charge in [-0.3, -0.25) is 0 Å². The quantitative estimate of drug-likeness (QED) is 0.382. The van der Waals surface area contributed by atoms with Crippen LogP contribution < -0.4 is 10.1 Å². The molecule has 0 atom stereocenters. The maximum atomic E-state index is 6.67. The van der Waals surface area contributed by atoms with Crippen LogP contribution in [0, 0.1) is 11.8 Å². The molecule has 0 spiro atoms. The summed E-state index contributed by atoms with van der Waals surface area (Å²) in [7, 11) is 1.65. The number of likely N-dealkylation sites (tertiary alicyclic amines) is 1. The van der Waals surface area contributed by atoms with Crippen molar-refractivity contribution in [3.05, 3.63) is 35.7 Å². The fraction of sp³-hybridized carbons (Fsp3) is 0.571. The van der Waals surface area contributed by atoms with Crippen molar-refractivity contribution in [3.63, 3.8) is 0 Å². The number of methoxy groups -OCH3 is 1. The molecule has 3 aromatic heterocycles. The Morgan fingerprint density at radius 3 is 2.46 bits per heavy atom. The third-order valence-corrected chi connectivity index (χ3v) is 9.12. The van der Waals surface area contributed by atoms with Crippen LogP contribution in [0.2, 0.25) is 5.15 Å². The number of anilines is 1. The van der Waals surface area contributed by atoms with Gasteiger partial charge in [0.1, 0.15) is 22.4 Å². The molecule has 6 nitrogen and oxygen atoms in total. The van der Waals surface area contributed by atoms with Crippen LogP contribution >= 0.6 is 11.6 Å². The predicted molar refractivity (Wildman–Crippen MR) is 142 cm³/mol. The zero-order chi connectivity index (χ0) is 23.8. The third kappa shape index (κ3) is 4.75. The number of aromatic amines is 1. The van der Waals surface area contributed by atoms with Crippen molar-refractivity contribution in [2.75, 3.05) is 25.5 Å². The molecule has 35 heavy (non-hydrogen) atoms. The summed E-state index contributed by atoms with van der Waals surface area (Å²) >= 11 is 6.67. The predicted octanol–water partition coefficient (Wildman–Crippen LogP) is 6.52. The number of ether oxygens (including phenoxy) is 1. The average Bonchev–Trinajstić information content (AvgIpc) is 3.27. The highest BCUT2D eigenvalue weighted by molar-refractivity contribution is 6.32. The molecule has 0 aromatic carbocycles. The number of hydrogen-bond acceptors (Lipinski definition) is 5. The van der Waals surface area contributed by atoms with Crippen LogP contribution in [0.5, 0.6) is 5.75 Å². The summed E-state index contributed by atoms with van der Waals surface area (Å²) in [6, 6.07) is 7.48. The number of nitrogens with zero attached hydrogens (tertiary/aromatic N) is 3. The Labute approximate surface area is 212 Å². The van der Waals surface area contributed by atoms with Crippen LogP contribution in [0.1, 0.15) is 57.8 Å². The van der Waals surface area contributed by atoms with Gasteiger partial charge in [0.25, 0.3) is 0 Å². The zero-order valence-electron chi connectivity index (χ0n) is 20.6. The van der Waals surface area contributed by atoms with Crippen LogP contribution in [0.15, 0.2) is 30.6 Å². The fourth-order valence-corrected chi connectivity index (χ4v) is 6.74. The van der Waals surface area contributed by atoms with E-state index in [0.717, 1.165) is 51.6 Å². The molecular formula is C28H36ClN5O. The Hall–Kier alpha value is -2.31. The molecule has 0 bridgehead atoms. The van der Waals surface area contributed by atoms with Crippen molar-refractivity contribution in [1.29, 1.82) is 0 Å². The molecule has 4 heterocycles. The number of H-pyrrole nitrogens is 1. The second-order valence-electron chi connectivity index (χ2n) is 10.7. The van der Waals surface area contributed by atoms with E-state index in [1.165, 1.54) is 70.9 Å². The molecule has 1 aliphatic heterocycles. The van der Waals surface area contributed by atoms with Gasteiger partial charge >= 0.3 is 0 Å². The molecule has 2 saturated carbocycles. The van der Waals surface area contributed by atoms with E-state index in [9.17, 15) is 0 Å². The molecule has 0 radical (unpaired) electrons. The second-order valence-corrected chi connectivity index (χ2v) is 11.1. The smallest absolute Gasteiger partial charge is 0.139 e. The van der Waals surface area contributed by atoms with E-state index >= 15 is 0 Å². The number of nitrogens with one attached hydrogen (secondary N) is 2. The first kappa shape index (κ1) is 23.1. The number of rotatable bonds is 6. The zero-order valence-corrected chi connectivity index (χ0v) is 21.4. The highest BCUT2D eigenvalue weighted by Crippen LogP contribution is 2.39. The van der Waals surface area contributed by atoms with E-state index in [1.807, 2.05) is 12.3 Å². The fourth-order valence-electron chi connectivity index (χ4n) is 6.49. The Morgan fingerprint density at radius 2 is 1.77 bits per heavy atom. The summed E-state index contributed by atoms with van der Waals surface area (Å²) < 4.78 is 5.35. The third-order valence-electron chi connectivity index (χ3n) is 8.84. The second kappa shape index (κ2) is 9.98. The first-order valence-electron chi connectivity index (χ1n) is 13.4. The number of fused-ring (bicyclic) bond motifs is 1. The molecule has 7 heteroatoms. The summed E-state index contributed by atoms with van der Waals surface area (Å²) in [6.45, 7) is 2.67. The summed E-state index contributed by atoms with van der Waals surface area (Å²) in [5.41, 5.74) is 2.69. The number of halogens is 1. The van der Waals surface area contributed by atoms with Gasteiger partial charge in [-0.25, -0.2) is 9.97 Å². The lowest BCUT2D eigenvalue weighted by Gasteiger charge is -2.44. The highest BCUT2D eigenvalue weighted by atomic mass is 35.5. The average molecular weight is 494 g/mol. The van der Waals surface area contributed by atoms with E-state index in [4.69, 9.17) is 21.3 Å². The normalized spacial score (nSPS) is 24.4. The standard InChI is InChI=1S/C28H36ClN5O/c1-35-22-15-24-25(17-31-28(24)30-16-22)23-9-10-26(33-27(23)29)32-20-7-5-18(6-8-20)19-11-13-34(14-12-19)21-3-2-4-21/h9-10,15-21H,2-8,11-14H2,1H3,(H,30,31)(H,32,33). The van der Waals surface area contributed by atoms with Crippen molar-refractivity contribution in [2.45, 2.75) is 69.9 Å². The van der Waals surface area contributed by atoms with Gasteiger partial charge in [-0.1, -0.05) is 18.0 Å². The van der Waals surface area contributed by atoms with Crippen LogP contribution in [0.4, 0.5) is 5.82 Å². The number of aromatic nitrogens is 3. The molecule has 6 rings (SSSR count). The molecule has 1 saturated heterocycles. The minimum atomic E-state index is 0.484. The monoisotopic (exact) mass is 493 g/mol. The van der Waals surface area contributed by atoms with Gasteiger partial charge in [0, 0.05) is 34.8 Å². The van der Waals surface area contributed by atoms with Gasteiger partial charge in [-0.15, -0.1) is 0 Å². The molecule has 0 unspecified atom stereocenters. The van der Waals surface area contributed by atoms with E-state index in [2.05, 4.69) is 32.3 Å². The SMILES string of the molecule is COc1cnc2[nH]cc(-c3ccc(NC4CCC(C5CCN(C6CCC6)CC5)CC4)nc3Cl)c2c1. The molecule has 3 aromatic rings. The van der Waals surface area contributed by atoms with Gasteiger partial charge in [0.15, 0.2) is 0 Å².